The van der Waals surface area contributed by atoms with Crippen molar-refractivity contribution in [2.24, 2.45) is 0 Å². The molecule has 0 aromatic heterocycles. The quantitative estimate of drug-likeness (QED) is 0.856. The van der Waals surface area contributed by atoms with Crippen molar-refractivity contribution in [3.05, 3.63) is 63.7 Å². The molecule has 0 aliphatic heterocycles. The van der Waals surface area contributed by atoms with Crippen molar-refractivity contribution in [2.45, 2.75) is 52.9 Å². The Morgan fingerprint density at radius 1 is 1.00 bits per heavy atom. The Hall–Kier alpha value is -1.80. The second-order valence-corrected chi connectivity index (χ2v) is 7.13. The van der Waals surface area contributed by atoms with Crippen molar-refractivity contribution in [3.63, 3.8) is 0 Å². The molecule has 2 nitrogen and oxygen atoms in total. The molecule has 2 aromatic rings. The van der Waals surface area contributed by atoms with Crippen molar-refractivity contribution >= 4 is 0 Å². The van der Waals surface area contributed by atoms with Crippen LogP contribution in [0.5, 0.6) is 5.75 Å². The van der Waals surface area contributed by atoms with E-state index >= 15 is 0 Å². The van der Waals surface area contributed by atoms with E-state index < -0.39 is 5.41 Å². The van der Waals surface area contributed by atoms with Gasteiger partial charge in [-0.1, -0.05) is 44.2 Å². The van der Waals surface area contributed by atoms with E-state index in [-0.39, 0.29) is 6.61 Å². The van der Waals surface area contributed by atoms with Gasteiger partial charge in [-0.25, -0.2) is 0 Å². The van der Waals surface area contributed by atoms with E-state index in [0.29, 0.717) is 11.7 Å². The Kier molecular flexibility index (Phi) is 4.86. The lowest BCUT2D eigenvalue weighted by atomic mass is 9.73. The first-order valence-electron chi connectivity index (χ1n) is 8.24. The Morgan fingerprint density at radius 3 is 2.04 bits per heavy atom. The number of phenols is 1. The smallest absolute Gasteiger partial charge is 0.123 e. The number of aryl methyl sites for hydroxylation is 2. The number of rotatable bonds is 4. The minimum absolute atomic E-state index is 0.0507. The molecule has 1 unspecified atom stereocenters. The summed E-state index contributed by atoms with van der Waals surface area (Å²) in [6.07, 6.45) is 0. The summed E-state index contributed by atoms with van der Waals surface area (Å²) >= 11 is 0. The fraction of sp³-hybridized carbons (Fsp3) is 0.429. The number of aromatic hydroxyl groups is 1. The maximum absolute atomic E-state index is 10.7. The second-order valence-electron chi connectivity index (χ2n) is 7.13. The fourth-order valence-electron chi connectivity index (χ4n) is 3.31. The summed E-state index contributed by atoms with van der Waals surface area (Å²) in [5.74, 6) is 0.771. The number of benzene rings is 2. The molecule has 0 saturated heterocycles. The van der Waals surface area contributed by atoms with Crippen molar-refractivity contribution < 1.29 is 10.2 Å². The maximum Gasteiger partial charge on any atom is 0.123 e. The second kappa shape index (κ2) is 6.37. The summed E-state index contributed by atoms with van der Waals surface area (Å²) in [5, 5.41) is 20.9. The SMILES string of the molecule is Cc1cc(C)c(C(C)(CO)c2ccc(C(C)C)cc2)c(O)c1C. The van der Waals surface area contributed by atoms with Gasteiger partial charge in [0.15, 0.2) is 0 Å². The fourth-order valence-corrected chi connectivity index (χ4v) is 3.31. The third-order valence-corrected chi connectivity index (χ3v) is 5.09. The summed E-state index contributed by atoms with van der Waals surface area (Å²) in [7, 11) is 0. The summed E-state index contributed by atoms with van der Waals surface area (Å²) < 4.78 is 0. The normalized spacial score (nSPS) is 14.1. The maximum atomic E-state index is 10.7. The topological polar surface area (TPSA) is 40.5 Å². The minimum Gasteiger partial charge on any atom is -0.507 e. The first-order valence-corrected chi connectivity index (χ1v) is 8.24. The summed E-state index contributed by atoms with van der Waals surface area (Å²) in [4.78, 5) is 0. The van der Waals surface area contributed by atoms with Gasteiger partial charge in [0.05, 0.1) is 6.61 Å². The number of aliphatic hydroxyl groups is 1. The standard InChI is InChI=1S/C21H28O2/c1-13(2)17-7-9-18(10-8-17)21(6,12-22)19-15(4)11-14(3)16(5)20(19)23/h7-11,13,22-23H,12H2,1-6H3. The van der Waals surface area contributed by atoms with E-state index in [1.807, 2.05) is 27.7 Å². The van der Waals surface area contributed by atoms with Gasteiger partial charge in [0.2, 0.25) is 0 Å². The van der Waals surface area contributed by atoms with Crippen LogP contribution in [0.4, 0.5) is 0 Å². The van der Waals surface area contributed by atoms with Crippen molar-refractivity contribution in [1.82, 2.24) is 0 Å². The molecule has 2 aromatic carbocycles. The van der Waals surface area contributed by atoms with Crippen LogP contribution < -0.4 is 0 Å². The van der Waals surface area contributed by atoms with Gasteiger partial charge in [0, 0.05) is 11.0 Å². The Labute approximate surface area is 139 Å². The number of hydrogen-bond donors (Lipinski definition) is 2. The molecule has 0 amide bonds. The largest absolute Gasteiger partial charge is 0.507 e. The van der Waals surface area contributed by atoms with Crippen LogP contribution in [0, 0.1) is 20.8 Å². The minimum atomic E-state index is -0.623. The molecule has 2 N–H and O–H groups in total. The highest BCUT2D eigenvalue weighted by Crippen LogP contribution is 2.41. The zero-order valence-electron chi connectivity index (χ0n) is 15.1. The molecule has 2 rings (SSSR count). The summed E-state index contributed by atoms with van der Waals surface area (Å²) in [5.41, 5.74) is 5.45. The summed E-state index contributed by atoms with van der Waals surface area (Å²) in [6, 6.07) is 10.4. The van der Waals surface area contributed by atoms with Crippen LogP contribution in [0.2, 0.25) is 0 Å². The highest BCUT2D eigenvalue weighted by Gasteiger charge is 2.33. The predicted molar refractivity (Wildman–Crippen MR) is 96.4 cm³/mol. The average Bonchev–Trinajstić information content (AvgIpc) is 2.52. The van der Waals surface area contributed by atoms with E-state index in [4.69, 9.17) is 0 Å². The molecule has 124 valence electrons. The first-order chi connectivity index (χ1) is 10.7. The lowest BCUT2D eigenvalue weighted by Gasteiger charge is -2.32. The van der Waals surface area contributed by atoms with Crippen LogP contribution >= 0.6 is 0 Å². The van der Waals surface area contributed by atoms with Crippen molar-refractivity contribution in [3.8, 4) is 5.75 Å². The molecule has 0 bridgehead atoms. The van der Waals surface area contributed by atoms with Gasteiger partial charge in [0.1, 0.15) is 5.75 Å². The Morgan fingerprint density at radius 2 is 1.57 bits per heavy atom. The van der Waals surface area contributed by atoms with E-state index in [1.165, 1.54) is 5.56 Å². The van der Waals surface area contributed by atoms with Crippen LogP contribution in [-0.4, -0.2) is 16.8 Å². The van der Waals surface area contributed by atoms with Crippen LogP contribution in [-0.2, 0) is 5.41 Å². The van der Waals surface area contributed by atoms with Crippen LogP contribution in [0.1, 0.15) is 60.1 Å². The van der Waals surface area contributed by atoms with Gasteiger partial charge in [-0.2, -0.15) is 0 Å². The molecule has 0 heterocycles. The molecule has 2 heteroatoms. The van der Waals surface area contributed by atoms with Gasteiger partial charge in [0.25, 0.3) is 0 Å². The third kappa shape index (κ3) is 3.00. The molecule has 0 saturated carbocycles. The molecule has 0 spiro atoms. The van der Waals surface area contributed by atoms with E-state index in [2.05, 4.69) is 44.2 Å². The molecular formula is C21H28O2. The molecule has 0 fully saturated rings. The Bertz CT molecular complexity index is 699. The van der Waals surface area contributed by atoms with E-state index in [9.17, 15) is 10.2 Å². The highest BCUT2D eigenvalue weighted by atomic mass is 16.3. The molecule has 0 aliphatic carbocycles. The average molecular weight is 312 g/mol. The monoisotopic (exact) mass is 312 g/mol. The zero-order chi connectivity index (χ0) is 17.4. The predicted octanol–water partition coefficient (Wildman–Crippen LogP) is 4.74. The van der Waals surface area contributed by atoms with E-state index in [0.717, 1.165) is 27.8 Å². The summed E-state index contributed by atoms with van der Waals surface area (Å²) in [6.45, 7) is 12.2. The lowest BCUT2D eigenvalue weighted by Crippen LogP contribution is -2.29. The Balaban J connectivity index is 2.64. The van der Waals surface area contributed by atoms with Gasteiger partial charge < -0.3 is 10.2 Å². The molecular weight excluding hydrogens is 284 g/mol. The van der Waals surface area contributed by atoms with Crippen LogP contribution in [0.15, 0.2) is 30.3 Å². The molecule has 0 aliphatic rings. The van der Waals surface area contributed by atoms with Gasteiger partial charge in [-0.3, -0.25) is 0 Å². The zero-order valence-corrected chi connectivity index (χ0v) is 15.1. The lowest BCUT2D eigenvalue weighted by molar-refractivity contribution is 0.227. The first kappa shape index (κ1) is 17.6. The van der Waals surface area contributed by atoms with E-state index in [1.54, 1.807) is 0 Å². The third-order valence-electron chi connectivity index (χ3n) is 5.09. The van der Waals surface area contributed by atoms with Crippen LogP contribution in [0.3, 0.4) is 0 Å². The van der Waals surface area contributed by atoms with Crippen molar-refractivity contribution in [1.29, 1.82) is 0 Å². The molecule has 0 radical (unpaired) electrons. The highest BCUT2D eigenvalue weighted by molar-refractivity contribution is 5.56. The number of hydrogen-bond acceptors (Lipinski definition) is 2. The number of aliphatic hydroxyl groups excluding tert-OH is 1. The van der Waals surface area contributed by atoms with Crippen LogP contribution in [0.25, 0.3) is 0 Å². The van der Waals surface area contributed by atoms with Gasteiger partial charge in [-0.15, -0.1) is 0 Å². The number of phenolic OH excluding ortho intramolecular Hbond substituents is 1. The van der Waals surface area contributed by atoms with Gasteiger partial charge >= 0.3 is 0 Å². The van der Waals surface area contributed by atoms with Crippen molar-refractivity contribution in [2.75, 3.05) is 6.61 Å². The van der Waals surface area contributed by atoms with Gasteiger partial charge in [-0.05, 0) is 61.4 Å². The molecule has 1 atom stereocenters. The molecule has 23 heavy (non-hydrogen) atoms.